The van der Waals surface area contributed by atoms with Crippen LogP contribution in [0.25, 0.3) is 11.0 Å². The minimum Gasteiger partial charge on any atom is -0.458 e. The van der Waals surface area contributed by atoms with Gasteiger partial charge in [0, 0.05) is 31.1 Å². The van der Waals surface area contributed by atoms with Crippen molar-refractivity contribution in [3.05, 3.63) is 66.1 Å². The number of aryl methyl sites for hydroxylation is 1. The SMILES string of the molecule is Cn1ccc(NC(=O)c2cc(Oc3ccc(S(C)(=O)=O)cc3)c3cc(CO)oc3c2)n1. The van der Waals surface area contributed by atoms with Crippen LogP contribution in [0.3, 0.4) is 0 Å². The lowest BCUT2D eigenvalue weighted by molar-refractivity contribution is 0.102. The summed E-state index contributed by atoms with van der Waals surface area (Å²) in [5.74, 6) is 0.985. The zero-order chi connectivity index (χ0) is 22.2. The Morgan fingerprint density at radius 1 is 1.19 bits per heavy atom. The Kier molecular flexibility index (Phi) is 5.25. The summed E-state index contributed by atoms with van der Waals surface area (Å²) in [6.07, 6.45) is 2.82. The van der Waals surface area contributed by atoms with E-state index in [1.807, 2.05) is 0 Å². The number of nitrogens with one attached hydrogen (secondary N) is 1. The van der Waals surface area contributed by atoms with Crippen LogP contribution in [0.15, 0.2) is 64.0 Å². The maximum Gasteiger partial charge on any atom is 0.257 e. The molecular formula is C21H19N3O6S. The van der Waals surface area contributed by atoms with Gasteiger partial charge < -0.3 is 19.6 Å². The van der Waals surface area contributed by atoms with Gasteiger partial charge in [-0.2, -0.15) is 5.10 Å². The molecule has 0 aliphatic carbocycles. The Labute approximate surface area is 177 Å². The molecule has 1 amide bonds. The fourth-order valence-electron chi connectivity index (χ4n) is 3.00. The summed E-state index contributed by atoms with van der Waals surface area (Å²) in [5, 5.41) is 16.8. The largest absolute Gasteiger partial charge is 0.458 e. The maximum atomic E-state index is 12.7. The van der Waals surface area contributed by atoms with Gasteiger partial charge in [-0.25, -0.2) is 8.42 Å². The summed E-state index contributed by atoms with van der Waals surface area (Å²) in [7, 11) is -1.59. The van der Waals surface area contributed by atoms with E-state index in [9.17, 15) is 18.3 Å². The predicted octanol–water partition coefficient (Wildman–Crippen LogP) is 3.11. The summed E-state index contributed by atoms with van der Waals surface area (Å²) in [5.41, 5.74) is 0.625. The summed E-state index contributed by atoms with van der Waals surface area (Å²) in [6, 6.07) is 12.3. The third-order valence-electron chi connectivity index (χ3n) is 4.50. The number of carbonyl (C=O) groups is 1. The number of fused-ring (bicyclic) bond motifs is 1. The van der Waals surface area contributed by atoms with E-state index in [1.54, 1.807) is 42.2 Å². The van der Waals surface area contributed by atoms with Gasteiger partial charge in [-0.3, -0.25) is 9.48 Å². The molecule has 9 nitrogen and oxygen atoms in total. The number of aromatic nitrogens is 2. The molecule has 160 valence electrons. The van der Waals surface area contributed by atoms with E-state index in [0.717, 1.165) is 6.26 Å². The van der Waals surface area contributed by atoms with Crippen LogP contribution in [0.5, 0.6) is 11.5 Å². The Morgan fingerprint density at radius 3 is 2.55 bits per heavy atom. The van der Waals surface area contributed by atoms with Crippen molar-refractivity contribution in [2.24, 2.45) is 7.05 Å². The number of carbonyl (C=O) groups excluding carboxylic acids is 1. The van der Waals surface area contributed by atoms with Gasteiger partial charge in [-0.1, -0.05) is 0 Å². The molecule has 0 saturated heterocycles. The van der Waals surface area contributed by atoms with Crippen molar-refractivity contribution in [3.63, 3.8) is 0 Å². The van der Waals surface area contributed by atoms with Crippen molar-refractivity contribution in [1.82, 2.24) is 9.78 Å². The van der Waals surface area contributed by atoms with Gasteiger partial charge >= 0.3 is 0 Å². The summed E-state index contributed by atoms with van der Waals surface area (Å²) in [6.45, 7) is -0.313. The van der Waals surface area contributed by atoms with Crippen molar-refractivity contribution >= 4 is 32.5 Å². The minimum absolute atomic E-state index is 0.166. The molecule has 0 bridgehead atoms. The van der Waals surface area contributed by atoms with Crippen molar-refractivity contribution in [2.75, 3.05) is 11.6 Å². The first-order valence-electron chi connectivity index (χ1n) is 9.19. The Bertz CT molecular complexity index is 1370. The van der Waals surface area contributed by atoms with Crippen molar-refractivity contribution < 1.29 is 27.5 Å². The van der Waals surface area contributed by atoms with E-state index < -0.39 is 15.7 Å². The number of aliphatic hydroxyl groups excluding tert-OH is 1. The van der Waals surface area contributed by atoms with Crippen LogP contribution in [-0.2, 0) is 23.5 Å². The van der Waals surface area contributed by atoms with Crippen LogP contribution in [-0.4, -0.2) is 35.5 Å². The number of sulfone groups is 1. The van der Waals surface area contributed by atoms with Crippen LogP contribution in [0.2, 0.25) is 0 Å². The first-order valence-corrected chi connectivity index (χ1v) is 11.1. The second-order valence-corrected chi connectivity index (χ2v) is 8.95. The first-order chi connectivity index (χ1) is 14.7. The minimum atomic E-state index is -3.33. The van der Waals surface area contributed by atoms with Gasteiger partial charge in [0.15, 0.2) is 15.7 Å². The molecular weight excluding hydrogens is 422 g/mol. The fraction of sp³-hybridized carbons (Fsp3) is 0.143. The summed E-state index contributed by atoms with van der Waals surface area (Å²) < 4.78 is 36.4. The van der Waals surface area contributed by atoms with E-state index in [2.05, 4.69) is 10.4 Å². The first kappa shape index (κ1) is 20.6. The smallest absolute Gasteiger partial charge is 0.257 e. The van der Waals surface area contributed by atoms with Crippen LogP contribution in [0, 0.1) is 0 Å². The third kappa shape index (κ3) is 4.44. The van der Waals surface area contributed by atoms with Gasteiger partial charge in [0.05, 0.1) is 10.3 Å². The number of benzene rings is 2. The highest BCUT2D eigenvalue weighted by molar-refractivity contribution is 7.90. The average molecular weight is 441 g/mol. The number of ether oxygens (including phenoxy) is 1. The topological polar surface area (TPSA) is 124 Å². The van der Waals surface area contributed by atoms with Crippen molar-refractivity contribution in [3.8, 4) is 11.5 Å². The number of hydrogen-bond donors (Lipinski definition) is 2. The van der Waals surface area contributed by atoms with Gasteiger partial charge in [0.2, 0.25) is 0 Å². The molecule has 2 aromatic carbocycles. The summed E-state index contributed by atoms with van der Waals surface area (Å²) in [4.78, 5) is 12.9. The van der Waals surface area contributed by atoms with E-state index in [4.69, 9.17) is 9.15 Å². The molecule has 0 aliphatic heterocycles. The molecule has 0 aliphatic rings. The molecule has 2 heterocycles. The highest BCUT2D eigenvalue weighted by Crippen LogP contribution is 2.34. The van der Waals surface area contributed by atoms with Crippen molar-refractivity contribution in [2.45, 2.75) is 11.5 Å². The number of rotatable bonds is 6. The zero-order valence-electron chi connectivity index (χ0n) is 16.7. The summed E-state index contributed by atoms with van der Waals surface area (Å²) >= 11 is 0. The standard InChI is InChI=1S/C21H19N3O6S/c1-24-8-7-20(23-24)22-21(26)13-9-18(17-11-15(12-25)30-19(17)10-13)29-14-3-5-16(6-4-14)31(2,27)28/h3-11,25H,12H2,1-2H3,(H,22,23,26). The Balaban J connectivity index is 1.70. The van der Waals surface area contributed by atoms with Gasteiger partial charge in [-0.15, -0.1) is 0 Å². The Morgan fingerprint density at radius 2 is 1.94 bits per heavy atom. The van der Waals surface area contributed by atoms with Crippen molar-refractivity contribution in [1.29, 1.82) is 0 Å². The molecule has 0 radical (unpaired) electrons. The quantitative estimate of drug-likeness (QED) is 0.471. The van der Waals surface area contributed by atoms with Crippen LogP contribution in [0.1, 0.15) is 16.1 Å². The number of amides is 1. The molecule has 4 aromatic rings. The maximum absolute atomic E-state index is 12.7. The normalized spacial score (nSPS) is 11.6. The van der Waals surface area contributed by atoms with Crippen LogP contribution in [0.4, 0.5) is 5.82 Å². The van der Waals surface area contributed by atoms with Crippen LogP contribution < -0.4 is 10.1 Å². The molecule has 0 atom stereocenters. The zero-order valence-corrected chi connectivity index (χ0v) is 17.5. The van der Waals surface area contributed by atoms with E-state index in [0.29, 0.717) is 34.0 Å². The van der Waals surface area contributed by atoms with E-state index in [1.165, 1.54) is 24.3 Å². The molecule has 0 spiro atoms. The molecule has 4 rings (SSSR count). The molecule has 2 N–H and O–H groups in total. The number of aliphatic hydroxyl groups is 1. The Hall–Kier alpha value is -3.63. The lowest BCUT2D eigenvalue weighted by Gasteiger charge is -2.10. The highest BCUT2D eigenvalue weighted by Gasteiger charge is 2.17. The molecule has 31 heavy (non-hydrogen) atoms. The van der Waals surface area contributed by atoms with Crippen LogP contribution >= 0.6 is 0 Å². The molecule has 0 unspecified atom stereocenters. The second kappa shape index (κ2) is 7.89. The fourth-order valence-corrected chi connectivity index (χ4v) is 3.64. The lowest BCUT2D eigenvalue weighted by Crippen LogP contribution is -2.12. The molecule has 0 fully saturated rings. The molecule has 2 aromatic heterocycles. The monoisotopic (exact) mass is 441 g/mol. The van der Waals surface area contributed by atoms with E-state index in [-0.39, 0.29) is 17.1 Å². The van der Waals surface area contributed by atoms with E-state index >= 15 is 0 Å². The number of anilines is 1. The lowest BCUT2D eigenvalue weighted by atomic mass is 10.1. The van der Waals surface area contributed by atoms with Gasteiger partial charge in [0.25, 0.3) is 5.91 Å². The number of furan rings is 1. The number of hydrogen-bond acceptors (Lipinski definition) is 7. The molecule has 10 heteroatoms. The van der Waals surface area contributed by atoms with Gasteiger partial charge in [0.1, 0.15) is 29.4 Å². The average Bonchev–Trinajstić information content (AvgIpc) is 3.33. The predicted molar refractivity (Wildman–Crippen MR) is 113 cm³/mol. The number of nitrogens with zero attached hydrogens (tertiary/aromatic N) is 2. The third-order valence-corrected chi connectivity index (χ3v) is 5.63. The highest BCUT2D eigenvalue weighted by atomic mass is 32.2. The second-order valence-electron chi connectivity index (χ2n) is 6.93. The van der Waals surface area contributed by atoms with Gasteiger partial charge in [-0.05, 0) is 42.5 Å². The molecule has 0 saturated carbocycles.